The van der Waals surface area contributed by atoms with Crippen molar-refractivity contribution < 1.29 is 9.53 Å². The molecule has 0 radical (unpaired) electrons. The summed E-state index contributed by atoms with van der Waals surface area (Å²) in [5.41, 5.74) is 7.21. The van der Waals surface area contributed by atoms with Gasteiger partial charge in [0, 0.05) is 22.8 Å². The maximum Gasteiger partial charge on any atom is 0.325 e. The third-order valence-corrected chi connectivity index (χ3v) is 3.14. The molecule has 0 bridgehead atoms. The third kappa shape index (κ3) is 4.65. The highest BCUT2D eigenvalue weighted by Gasteiger charge is 2.16. The predicted octanol–water partition coefficient (Wildman–Crippen LogP) is 2.75. The van der Waals surface area contributed by atoms with Gasteiger partial charge in [0.1, 0.15) is 11.5 Å². The van der Waals surface area contributed by atoms with E-state index in [1.165, 1.54) is 0 Å². The van der Waals surface area contributed by atoms with Crippen LogP contribution in [0.1, 0.15) is 25.8 Å². The standard InChI is InChI=1S/C14H19ClN2O2S/c1-3-7-17(9-13(18)19-4-2)12-6-5-10(15)8-11(12)14(16)20/h5-6,8H,3-4,7,9H2,1-2H3,(H2,16,20). The van der Waals surface area contributed by atoms with E-state index in [2.05, 4.69) is 0 Å². The molecule has 1 aromatic rings. The van der Waals surface area contributed by atoms with E-state index in [4.69, 9.17) is 34.3 Å². The van der Waals surface area contributed by atoms with Gasteiger partial charge in [-0.25, -0.2) is 0 Å². The first-order chi connectivity index (χ1) is 9.49. The van der Waals surface area contributed by atoms with Crippen molar-refractivity contribution in [3.05, 3.63) is 28.8 Å². The summed E-state index contributed by atoms with van der Waals surface area (Å²) in [7, 11) is 0. The van der Waals surface area contributed by atoms with E-state index in [-0.39, 0.29) is 17.5 Å². The van der Waals surface area contributed by atoms with Gasteiger partial charge in [-0.05, 0) is 31.5 Å². The highest BCUT2D eigenvalue weighted by Crippen LogP contribution is 2.24. The SMILES string of the molecule is CCCN(CC(=O)OCC)c1ccc(Cl)cc1C(N)=S. The van der Waals surface area contributed by atoms with Crippen molar-refractivity contribution in [2.45, 2.75) is 20.3 Å². The first-order valence-electron chi connectivity index (χ1n) is 6.49. The van der Waals surface area contributed by atoms with Crippen LogP contribution in [0.25, 0.3) is 0 Å². The van der Waals surface area contributed by atoms with Crippen LogP contribution < -0.4 is 10.6 Å². The van der Waals surface area contributed by atoms with E-state index in [1.54, 1.807) is 19.1 Å². The predicted molar refractivity (Wildman–Crippen MR) is 86.5 cm³/mol. The number of anilines is 1. The summed E-state index contributed by atoms with van der Waals surface area (Å²) in [6, 6.07) is 5.30. The van der Waals surface area contributed by atoms with Crippen LogP contribution in [-0.4, -0.2) is 30.7 Å². The van der Waals surface area contributed by atoms with Gasteiger partial charge >= 0.3 is 5.97 Å². The lowest BCUT2D eigenvalue weighted by atomic mass is 10.1. The maximum absolute atomic E-state index is 11.7. The zero-order chi connectivity index (χ0) is 15.1. The minimum atomic E-state index is -0.273. The fourth-order valence-electron chi connectivity index (χ4n) is 1.90. The summed E-state index contributed by atoms with van der Waals surface area (Å²) in [6.45, 7) is 5.05. The van der Waals surface area contributed by atoms with Crippen molar-refractivity contribution in [2.75, 3.05) is 24.6 Å². The number of benzene rings is 1. The smallest absolute Gasteiger partial charge is 0.325 e. The molecule has 1 aromatic carbocycles. The molecule has 0 amide bonds. The van der Waals surface area contributed by atoms with Crippen molar-refractivity contribution in [1.82, 2.24) is 0 Å². The van der Waals surface area contributed by atoms with Gasteiger partial charge in [0.15, 0.2) is 0 Å². The topological polar surface area (TPSA) is 55.6 Å². The number of ether oxygens (including phenoxy) is 1. The van der Waals surface area contributed by atoms with Crippen LogP contribution in [0.15, 0.2) is 18.2 Å². The number of carbonyl (C=O) groups is 1. The molecule has 0 saturated heterocycles. The lowest BCUT2D eigenvalue weighted by Gasteiger charge is -2.25. The Balaban J connectivity index is 3.07. The van der Waals surface area contributed by atoms with Gasteiger partial charge in [0.2, 0.25) is 0 Å². The Labute approximate surface area is 129 Å². The second-order valence-electron chi connectivity index (χ2n) is 4.25. The van der Waals surface area contributed by atoms with Gasteiger partial charge in [0.05, 0.1) is 6.61 Å². The molecule has 1 rings (SSSR count). The molecule has 0 atom stereocenters. The first-order valence-corrected chi connectivity index (χ1v) is 7.28. The number of carbonyl (C=O) groups excluding carboxylic acids is 1. The lowest BCUT2D eigenvalue weighted by Crippen LogP contribution is -2.33. The van der Waals surface area contributed by atoms with Crippen LogP contribution in [0.3, 0.4) is 0 Å². The quantitative estimate of drug-likeness (QED) is 0.619. The Morgan fingerprint density at radius 3 is 2.70 bits per heavy atom. The summed E-state index contributed by atoms with van der Waals surface area (Å²) < 4.78 is 4.99. The van der Waals surface area contributed by atoms with Crippen LogP contribution in [0, 0.1) is 0 Å². The molecule has 110 valence electrons. The minimum absolute atomic E-state index is 0.166. The van der Waals surface area contributed by atoms with E-state index in [0.717, 1.165) is 12.1 Å². The molecule has 0 aliphatic rings. The zero-order valence-corrected chi connectivity index (χ0v) is 13.3. The molecular formula is C14H19ClN2O2S. The third-order valence-electron chi connectivity index (χ3n) is 2.68. The fraction of sp³-hybridized carbons (Fsp3) is 0.429. The Morgan fingerprint density at radius 2 is 2.15 bits per heavy atom. The van der Waals surface area contributed by atoms with Crippen molar-refractivity contribution in [2.24, 2.45) is 5.73 Å². The summed E-state index contributed by atoms with van der Waals surface area (Å²) in [6.07, 6.45) is 0.888. The van der Waals surface area contributed by atoms with Crippen LogP contribution >= 0.6 is 23.8 Å². The van der Waals surface area contributed by atoms with Crippen LogP contribution in [-0.2, 0) is 9.53 Å². The van der Waals surface area contributed by atoms with E-state index >= 15 is 0 Å². The zero-order valence-electron chi connectivity index (χ0n) is 11.7. The normalized spacial score (nSPS) is 10.2. The average Bonchev–Trinajstić information content (AvgIpc) is 2.38. The van der Waals surface area contributed by atoms with Gasteiger partial charge in [-0.1, -0.05) is 30.7 Å². The summed E-state index contributed by atoms with van der Waals surface area (Å²) in [4.78, 5) is 13.9. The van der Waals surface area contributed by atoms with Crippen molar-refractivity contribution in [3.63, 3.8) is 0 Å². The van der Waals surface area contributed by atoms with Gasteiger partial charge < -0.3 is 15.4 Å². The molecule has 0 fully saturated rings. The molecule has 0 saturated carbocycles. The van der Waals surface area contributed by atoms with E-state index in [1.807, 2.05) is 17.9 Å². The van der Waals surface area contributed by atoms with Gasteiger partial charge in [-0.15, -0.1) is 0 Å². The molecule has 0 unspecified atom stereocenters. The number of nitrogens with zero attached hydrogens (tertiary/aromatic N) is 1. The molecule has 6 heteroatoms. The number of rotatable bonds is 7. The molecule has 20 heavy (non-hydrogen) atoms. The second kappa shape index (κ2) is 8.07. The maximum atomic E-state index is 11.7. The molecule has 0 spiro atoms. The monoisotopic (exact) mass is 314 g/mol. The van der Waals surface area contributed by atoms with Crippen LogP contribution in [0.2, 0.25) is 5.02 Å². The molecular weight excluding hydrogens is 296 g/mol. The van der Waals surface area contributed by atoms with Crippen LogP contribution in [0.4, 0.5) is 5.69 Å². The number of halogens is 1. The average molecular weight is 315 g/mol. The molecule has 0 aliphatic heterocycles. The second-order valence-corrected chi connectivity index (χ2v) is 5.13. The number of hydrogen-bond donors (Lipinski definition) is 1. The Bertz CT molecular complexity index is 494. The van der Waals surface area contributed by atoms with Crippen molar-refractivity contribution >= 4 is 40.5 Å². The molecule has 0 heterocycles. The fourth-order valence-corrected chi connectivity index (χ4v) is 2.23. The number of esters is 1. The van der Waals surface area contributed by atoms with Crippen molar-refractivity contribution in [1.29, 1.82) is 0 Å². The van der Waals surface area contributed by atoms with E-state index in [9.17, 15) is 4.79 Å². The van der Waals surface area contributed by atoms with Crippen molar-refractivity contribution in [3.8, 4) is 0 Å². The van der Waals surface area contributed by atoms with E-state index in [0.29, 0.717) is 23.7 Å². The minimum Gasteiger partial charge on any atom is -0.465 e. The summed E-state index contributed by atoms with van der Waals surface area (Å²) in [5.74, 6) is -0.273. The highest BCUT2D eigenvalue weighted by atomic mass is 35.5. The Morgan fingerprint density at radius 1 is 1.45 bits per heavy atom. The highest BCUT2D eigenvalue weighted by molar-refractivity contribution is 7.80. The molecule has 2 N–H and O–H groups in total. The first kappa shape index (κ1) is 16.7. The molecule has 4 nitrogen and oxygen atoms in total. The Hall–Kier alpha value is -1.33. The van der Waals surface area contributed by atoms with Gasteiger partial charge in [0.25, 0.3) is 0 Å². The largest absolute Gasteiger partial charge is 0.465 e. The molecule has 0 aliphatic carbocycles. The number of hydrogen-bond acceptors (Lipinski definition) is 4. The van der Waals surface area contributed by atoms with Crippen LogP contribution in [0.5, 0.6) is 0 Å². The van der Waals surface area contributed by atoms with E-state index < -0.39 is 0 Å². The molecule has 0 aromatic heterocycles. The van der Waals surface area contributed by atoms with Gasteiger partial charge in [-0.2, -0.15) is 0 Å². The Kier molecular flexibility index (Phi) is 6.75. The summed E-state index contributed by atoms with van der Waals surface area (Å²) >= 11 is 11.0. The summed E-state index contributed by atoms with van der Waals surface area (Å²) in [5, 5.41) is 0.559. The van der Waals surface area contributed by atoms with Gasteiger partial charge in [-0.3, -0.25) is 4.79 Å². The lowest BCUT2D eigenvalue weighted by molar-refractivity contribution is -0.141. The number of thiocarbonyl (C=S) groups is 1. The number of nitrogens with two attached hydrogens (primary N) is 1.